The van der Waals surface area contributed by atoms with Gasteiger partial charge >= 0.3 is 0 Å². The standard InChI is InChI=1S/C20H18N4O3S/c1-26-15-5-2-4-14(12-15)18-22-16(13-21)20(27-18)24-9-7-23(8-10-24)19(25)17-6-3-11-28-17/h2-6,11-12H,7-10H2,1H3. The molecule has 1 amide bonds. The summed E-state index contributed by atoms with van der Waals surface area (Å²) in [4.78, 5) is 21.4. The third-order valence-electron chi connectivity index (χ3n) is 4.62. The van der Waals surface area contributed by atoms with Gasteiger partial charge in [0.1, 0.15) is 11.8 Å². The van der Waals surface area contributed by atoms with Crippen molar-refractivity contribution < 1.29 is 13.9 Å². The first-order valence-electron chi connectivity index (χ1n) is 8.82. The molecule has 1 aliphatic heterocycles. The van der Waals surface area contributed by atoms with Crippen LogP contribution in [-0.4, -0.2) is 49.1 Å². The molecule has 1 fully saturated rings. The first-order chi connectivity index (χ1) is 13.7. The minimum atomic E-state index is 0.0461. The second kappa shape index (κ2) is 7.74. The van der Waals surface area contributed by atoms with Crippen LogP contribution in [0.25, 0.3) is 11.5 Å². The van der Waals surface area contributed by atoms with Gasteiger partial charge in [-0.1, -0.05) is 12.1 Å². The number of hydrogen-bond acceptors (Lipinski definition) is 7. The van der Waals surface area contributed by atoms with Gasteiger partial charge in [0, 0.05) is 31.7 Å². The third-order valence-corrected chi connectivity index (χ3v) is 5.48. The van der Waals surface area contributed by atoms with Gasteiger partial charge in [-0.3, -0.25) is 4.79 Å². The van der Waals surface area contributed by atoms with Crippen molar-refractivity contribution in [1.82, 2.24) is 9.88 Å². The van der Waals surface area contributed by atoms with E-state index in [1.165, 1.54) is 11.3 Å². The van der Waals surface area contributed by atoms with E-state index < -0.39 is 0 Å². The van der Waals surface area contributed by atoms with Crippen molar-refractivity contribution in [3.05, 3.63) is 52.3 Å². The number of rotatable bonds is 4. The lowest BCUT2D eigenvalue weighted by Gasteiger charge is -2.34. The summed E-state index contributed by atoms with van der Waals surface area (Å²) in [5, 5.41) is 11.4. The Morgan fingerprint density at radius 2 is 2.07 bits per heavy atom. The summed E-state index contributed by atoms with van der Waals surface area (Å²) < 4.78 is 11.2. The fraction of sp³-hybridized carbons (Fsp3) is 0.250. The van der Waals surface area contributed by atoms with Crippen molar-refractivity contribution in [1.29, 1.82) is 5.26 Å². The molecule has 0 saturated carbocycles. The highest BCUT2D eigenvalue weighted by molar-refractivity contribution is 7.12. The zero-order valence-corrected chi connectivity index (χ0v) is 16.1. The summed E-state index contributed by atoms with van der Waals surface area (Å²) in [6.07, 6.45) is 0. The molecule has 1 aromatic carbocycles. The van der Waals surface area contributed by atoms with E-state index in [9.17, 15) is 10.1 Å². The zero-order valence-electron chi connectivity index (χ0n) is 15.3. The average molecular weight is 394 g/mol. The van der Waals surface area contributed by atoms with Crippen LogP contribution in [0.2, 0.25) is 0 Å². The Morgan fingerprint density at radius 1 is 1.25 bits per heavy atom. The van der Waals surface area contributed by atoms with Crippen LogP contribution in [0, 0.1) is 11.3 Å². The fourth-order valence-corrected chi connectivity index (χ4v) is 3.84. The minimum absolute atomic E-state index is 0.0461. The number of hydrogen-bond donors (Lipinski definition) is 0. The van der Waals surface area contributed by atoms with Crippen LogP contribution < -0.4 is 9.64 Å². The molecule has 1 aliphatic rings. The lowest BCUT2D eigenvalue weighted by Crippen LogP contribution is -2.48. The van der Waals surface area contributed by atoms with Gasteiger partial charge in [0.15, 0.2) is 0 Å². The molecule has 3 aromatic rings. The van der Waals surface area contributed by atoms with Gasteiger partial charge in [-0.15, -0.1) is 11.3 Å². The van der Waals surface area contributed by atoms with Gasteiger partial charge in [0.05, 0.1) is 12.0 Å². The van der Waals surface area contributed by atoms with Crippen LogP contribution in [0.15, 0.2) is 46.2 Å². The van der Waals surface area contributed by atoms with E-state index in [-0.39, 0.29) is 11.6 Å². The van der Waals surface area contributed by atoms with Gasteiger partial charge in [-0.05, 0) is 29.6 Å². The van der Waals surface area contributed by atoms with Gasteiger partial charge in [-0.25, -0.2) is 0 Å². The summed E-state index contributed by atoms with van der Waals surface area (Å²) in [5.41, 5.74) is 0.990. The van der Waals surface area contributed by atoms with E-state index in [0.29, 0.717) is 43.7 Å². The molecule has 142 valence electrons. The number of nitrogens with zero attached hydrogens (tertiary/aromatic N) is 4. The number of benzene rings is 1. The smallest absolute Gasteiger partial charge is 0.264 e. The third kappa shape index (κ3) is 3.44. The number of ether oxygens (including phenoxy) is 1. The Kier molecular flexibility index (Phi) is 5.00. The summed E-state index contributed by atoms with van der Waals surface area (Å²) >= 11 is 1.45. The molecule has 0 unspecified atom stereocenters. The van der Waals surface area contributed by atoms with E-state index in [4.69, 9.17) is 9.15 Å². The van der Waals surface area contributed by atoms with Gasteiger partial charge in [-0.2, -0.15) is 10.2 Å². The normalized spacial score (nSPS) is 14.0. The van der Waals surface area contributed by atoms with Gasteiger partial charge in [0.2, 0.25) is 17.5 Å². The van der Waals surface area contributed by atoms with Gasteiger partial charge < -0.3 is 19.0 Å². The first-order valence-corrected chi connectivity index (χ1v) is 9.70. The van der Waals surface area contributed by atoms with Crippen LogP contribution in [0.4, 0.5) is 5.88 Å². The van der Waals surface area contributed by atoms with Crippen molar-refractivity contribution in [2.24, 2.45) is 0 Å². The Morgan fingerprint density at radius 3 is 2.75 bits per heavy atom. The Bertz CT molecular complexity index is 1010. The lowest BCUT2D eigenvalue weighted by atomic mass is 10.2. The number of methoxy groups -OCH3 is 1. The lowest BCUT2D eigenvalue weighted by molar-refractivity contribution is 0.0750. The van der Waals surface area contributed by atoms with E-state index in [0.717, 1.165) is 10.4 Å². The van der Waals surface area contributed by atoms with E-state index in [1.807, 2.05) is 51.6 Å². The Balaban J connectivity index is 1.51. The summed E-state index contributed by atoms with van der Waals surface area (Å²) in [7, 11) is 1.60. The van der Waals surface area contributed by atoms with Crippen molar-refractivity contribution in [2.45, 2.75) is 0 Å². The second-order valence-electron chi connectivity index (χ2n) is 6.27. The number of nitriles is 1. The van der Waals surface area contributed by atoms with Crippen molar-refractivity contribution >= 4 is 23.1 Å². The number of oxazole rings is 1. The van der Waals surface area contributed by atoms with Crippen LogP contribution in [0.5, 0.6) is 5.75 Å². The van der Waals surface area contributed by atoms with Gasteiger partial charge in [0.25, 0.3) is 5.91 Å². The molecule has 0 aliphatic carbocycles. The quantitative estimate of drug-likeness (QED) is 0.676. The second-order valence-corrected chi connectivity index (χ2v) is 7.22. The number of amides is 1. The largest absolute Gasteiger partial charge is 0.497 e. The van der Waals surface area contributed by atoms with Crippen LogP contribution in [-0.2, 0) is 0 Å². The SMILES string of the molecule is COc1cccc(-c2nc(C#N)c(N3CCN(C(=O)c4cccs4)CC3)o2)c1. The zero-order chi connectivity index (χ0) is 19.5. The molecule has 4 rings (SSSR count). The molecular weight excluding hydrogens is 376 g/mol. The topological polar surface area (TPSA) is 82.6 Å². The predicted octanol–water partition coefficient (Wildman–Crippen LogP) is 3.25. The number of piperazine rings is 1. The Labute approximate surface area is 166 Å². The van der Waals surface area contributed by atoms with Crippen LogP contribution >= 0.6 is 11.3 Å². The molecule has 0 atom stereocenters. The molecule has 2 aromatic heterocycles. The fourth-order valence-electron chi connectivity index (χ4n) is 3.15. The maximum atomic E-state index is 12.5. The molecule has 7 nitrogen and oxygen atoms in total. The summed E-state index contributed by atoms with van der Waals surface area (Å²) in [5.74, 6) is 1.56. The monoisotopic (exact) mass is 394 g/mol. The molecule has 8 heteroatoms. The van der Waals surface area contributed by atoms with Crippen LogP contribution in [0.3, 0.4) is 0 Å². The maximum Gasteiger partial charge on any atom is 0.264 e. The van der Waals surface area contributed by atoms with E-state index >= 15 is 0 Å². The highest BCUT2D eigenvalue weighted by Gasteiger charge is 2.27. The first kappa shape index (κ1) is 18.1. The molecule has 3 heterocycles. The number of thiophene rings is 1. The minimum Gasteiger partial charge on any atom is -0.497 e. The maximum absolute atomic E-state index is 12.5. The van der Waals surface area contributed by atoms with Crippen LogP contribution in [0.1, 0.15) is 15.4 Å². The highest BCUT2D eigenvalue weighted by atomic mass is 32.1. The molecule has 0 N–H and O–H groups in total. The molecule has 0 radical (unpaired) electrons. The van der Waals surface area contributed by atoms with Crippen molar-refractivity contribution in [3.63, 3.8) is 0 Å². The van der Waals surface area contributed by atoms with Crippen molar-refractivity contribution in [2.75, 3.05) is 38.2 Å². The summed E-state index contributed by atoms with van der Waals surface area (Å²) in [6, 6.07) is 13.2. The summed E-state index contributed by atoms with van der Waals surface area (Å²) in [6.45, 7) is 2.30. The predicted molar refractivity (Wildman–Crippen MR) is 106 cm³/mol. The molecule has 0 bridgehead atoms. The molecule has 0 spiro atoms. The van der Waals surface area contributed by atoms with Crippen molar-refractivity contribution in [3.8, 4) is 23.3 Å². The Hall–Kier alpha value is -3.31. The van der Waals surface area contributed by atoms with E-state index in [1.54, 1.807) is 7.11 Å². The molecular formula is C20H18N4O3S. The number of anilines is 1. The number of carbonyl (C=O) groups is 1. The highest BCUT2D eigenvalue weighted by Crippen LogP contribution is 2.30. The number of carbonyl (C=O) groups excluding carboxylic acids is 1. The molecule has 1 saturated heterocycles. The average Bonchev–Trinajstić information content (AvgIpc) is 3.43. The molecule has 28 heavy (non-hydrogen) atoms. The van der Waals surface area contributed by atoms with E-state index in [2.05, 4.69) is 11.1 Å². The number of aromatic nitrogens is 1.